The van der Waals surface area contributed by atoms with E-state index in [1.54, 1.807) is 4.90 Å². The summed E-state index contributed by atoms with van der Waals surface area (Å²) in [6, 6.07) is 14.2. The van der Waals surface area contributed by atoms with E-state index in [1.165, 1.54) is 5.69 Å². The van der Waals surface area contributed by atoms with Gasteiger partial charge >= 0.3 is 0 Å². The summed E-state index contributed by atoms with van der Waals surface area (Å²) >= 11 is 0. The third-order valence-electron chi connectivity index (χ3n) is 6.35. The molecule has 0 unspecified atom stereocenters. The van der Waals surface area contributed by atoms with Gasteiger partial charge in [-0.3, -0.25) is 5.41 Å². The van der Waals surface area contributed by atoms with Crippen LogP contribution in [-0.2, 0) is 0 Å². The molecule has 0 saturated carbocycles. The largest absolute Gasteiger partial charge is 0.509 e. The Hall–Kier alpha value is -3.52. The van der Waals surface area contributed by atoms with Crippen LogP contribution in [0.5, 0.6) is 0 Å². The summed E-state index contributed by atoms with van der Waals surface area (Å²) in [6.07, 6.45) is 0. The minimum Gasteiger partial charge on any atom is -0.509 e. The van der Waals surface area contributed by atoms with Crippen molar-refractivity contribution in [3.8, 4) is 0 Å². The third-order valence-corrected chi connectivity index (χ3v) is 6.35. The number of aromatic amines is 1. The Bertz CT molecular complexity index is 1190. The molecule has 1 fully saturated rings. The molecule has 8 nitrogen and oxygen atoms in total. The lowest BCUT2D eigenvalue weighted by Gasteiger charge is -2.34. The first-order valence-corrected chi connectivity index (χ1v) is 10.9. The fourth-order valence-corrected chi connectivity index (χ4v) is 4.36. The van der Waals surface area contributed by atoms with E-state index in [9.17, 15) is 5.11 Å². The summed E-state index contributed by atoms with van der Waals surface area (Å²) < 4.78 is 0. The van der Waals surface area contributed by atoms with Crippen molar-refractivity contribution in [3.05, 3.63) is 54.0 Å². The monoisotopic (exact) mass is 431 g/mol. The number of hydrogen-bond acceptors (Lipinski definition) is 6. The number of benzene rings is 2. The van der Waals surface area contributed by atoms with Gasteiger partial charge in [-0.05, 0) is 49.5 Å². The van der Waals surface area contributed by atoms with Gasteiger partial charge < -0.3 is 29.7 Å². The van der Waals surface area contributed by atoms with Crippen LogP contribution in [0.1, 0.15) is 5.82 Å². The minimum absolute atomic E-state index is 0.157. The van der Waals surface area contributed by atoms with Crippen molar-refractivity contribution in [2.75, 3.05) is 68.6 Å². The second-order valence-corrected chi connectivity index (χ2v) is 8.74. The van der Waals surface area contributed by atoms with Gasteiger partial charge in [0.1, 0.15) is 17.4 Å². The van der Waals surface area contributed by atoms with Crippen LogP contribution >= 0.6 is 0 Å². The molecule has 0 bridgehead atoms. The predicted octanol–water partition coefficient (Wildman–Crippen LogP) is 3.15. The standard InChI is InChI=1S/C24H29N7O/c1-28(2)16-4-6-17(7-5-16)31-15-21(32)22(23(31)25)24-26-19-9-8-18(14-20(19)27-24)30-12-10-29(3)11-13-30/h4-9,14,25,32H,10-13,15H2,1-3H3,(H,26,27). The molecule has 5 rings (SSSR count). The molecule has 0 spiro atoms. The molecule has 0 amide bonds. The molecule has 8 heteroatoms. The Labute approximate surface area is 187 Å². The summed E-state index contributed by atoms with van der Waals surface area (Å²) in [4.78, 5) is 16.6. The highest BCUT2D eigenvalue weighted by molar-refractivity contribution is 6.30. The number of nitrogens with one attached hydrogen (secondary N) is 2. The van der Waals surface area contributed by atoms with E-state index in [1.807, 2.05) is 49.3 Å². The van der Waals surface area contributed by atoms with E-state index < -0.39 is 0 Å². The normalized spacial score (nSPS) is 17.7. The molecule has 1 aromatic heterocycles. The number of aliphatic hydroxyl groups excluding tert-OH is 1. The maximum atomic E-state index is 10.7. The highest BCUT2D eigenvalue weighted by atomic mass is 16.3. The van der Waals surface area contributed by atoms with E-state index in [-0.39, 0.29) is 18.1 Å². The molecule has 1 saturated heterocycles. The highest BCUT2D eigenvalue weighted by Crippen LogP contribution is 2.32. The van der Waals surface area contributed by atoms with Crippen LogP contribution < -0.4 is 14.7 Å². The Balaban J connectivity index is 1.40. The second-order valence-electron chi connectivity index (χ2n) is 8.74. The van der Waals surface area contributed by atoms with Gasteiger partial charge in [0.25, 0.3) is 0 Å². The lowest BCUT2D eigenvalue weighted by Crippen LogP contribution is -2.44. The van der Waals surface area contributed by atoms with E-state index in [0.717, 1.165) is 48.6 Å². The van der Waals surface area contributed by atoms with E-state index in [0.29, 0.717) is 11.4 Å². The average Bonchev–Trinajstić information content (AvgIpc) is 3.33. The maximum absolute atomic E-state index is 10.7. The molecule has 0 aliphatic carbocycles. The van der Waals surface area contributed by atoms with E-state index in [4.69, 9.17) is 5.41 Å². The van der Waals surface area contributed by atoms with Crippen molar-refractivity contribution in [1.29, 1.82) is 5.41 Å². The van der Waals surface area contributed by atoms with Crippen LogP contribution in [0.4, 0.5) is 17.1 Å². The number of hydrogen-bond donors (Lipinski definition) is 3. The minimum atomic E-state index is 0.157. The van der Waals surface area contributed by atoms with Crippen molar-refractivity contribution in [2.24, 2.45) is 0 Å². The van der Waals surface area contributed by atoms with Crippen molar-refractivity contribution in [1.82, 2.24) is 14.9 Å². The zero-order valence-corrected chi connectivity index (χ0v) is 18.8. The summed E-state index contributed by atoms with van der Waals surface area (Å²) in [5.41, 5.74) is 5.33. The van der Waals surface area contributed by atoms with E-state index in [2.05, 4.69) is 38.9 Å². The molecule has 2 aromatic carbocycles. The number of piperazine rings is 1. The number of anilines is 3. The highest BCUT2D eigenvalue weighted by Gasteiger charge is 2.31. The summed E-state index contributed by atoms with van der Waals surface area (Å²) in [5, 5.41) is 19.4. The van der Waals surface area contributed by atoms with E-state index >= 15 is 0 Å². The van der Waals surface area contributed by atoms with Gasteiger partial charge in [0.15, 0.2) is 0 Å². The lowest BCUT2D eigenvalue weighted by molar-refractivity contribution is 0.313. The number of imidazole rings is 1. The second kappa shape index (κ2) is 7.87. The molecule has 3 heterocycles. The molecule has 2 aliphatic heterocycles. The summed E-state index contributed by atoms with van der Waals surface area (Å²) in [7, 11) is 6.14. The number of rotatable bonds is 4. The van der Waals surface area contributed by atoms with Gasteiger partial charge in [0.05, 0.1) is 23.2 Å². The van der Waals surface area contributed by atoms with Gasteiger partial charge in [-0.2, -0.15) is 0 Å². The Morgan fingerprint density at radius 3 is 2.38 bits per heavy atom. The molecule has 32 heavy (non-hydrogen) atoms. The van der Waals surface area contributed by atoms with Crippen LogP contribution in [0.15, 0.2) is 48.2 Å². The number of H-pyrrole nitrogens is 1. The molecular weight excluding hydrogens is 402 g/mol. The molecular formula is C24H29N7O. The zero-order valence-electron chi connectivity index (χ0n) is 18.8. The zero-order chi connectivity index (χ0) is 22.4. The maximum Gasteiger partial charge on any atom is 0.145 e. The smallest absolute Gasteiger partial charge is 0.145 e. The van der Waals surface area contributed by atoms with Gasteiger partial charge in [-0.1, -0.05) is 0 Å². The van der Waals surface area contributed by atoms with Crippen molar-refractivity contribution in [2.45, 2.75) is 0 Å². The van der Waals surface area contributed by atoms with Gasteiger partial charge in [-0.15, -0.1) is 0 Å². The first-order chi connectivity index (χ1) is 15.4. The Kier molecular flexibility index (Phi) is 5.01. The summed E-state index contributed by atoms with van der Waals surface area (Å²) in [5.74, 6) is 0.939. The van der Waals surface area contributed by atoms with Crippen LogP contribution in [0, 0.1) is 5.41 Å². The third kappa shape index (κ3) is 3.56. The number of aliphatic hydroxyl groups is 1. The first kappa shape index (κ1) is 20.4. The number of aromatic nitrogens is 2. The SMILES string of the molecule is CN1CCN(c2ccc3nc(C4=C(O)CN(c5ccc(N(C)C)cc5)C4=N)[nH]c3c2)CC1. The molecule has 3 aromatic rings. The number of amidine groups is 1. The Morgan fingerprint density at radius 1 is 1.00 bits per heavy atom. The van der Waals surface area contributed by atoms with Crippen LogP contribution in [0.2, 0.25) is 0 Å². The van der Waals surface area contributed by atoms with Crippen molar-refractivity contribution in [3.63, 3.8) is 0 Å². The molecule has 2 aliphatic rings. The van der Waals surface area contributed by atoms with Gasteiger partial charge in [-0.25, -0.2) is 4.98 Å². The predicted molar refractivity (Wildman–Crippen MR) is 131 cm³/mol. The average molecular weight is 432 g/mol. The number of nitrogens with zero attached hydrogens (tertiary/aromatic N) is 5. The summed E-state index contributed by atoms with van der Waals surface area (Å²) in [6.45, 7) is 4.37. The van der Waals surface area contributed by atoms with Crippen LogP contribution in [0.3, 0.4) is 0 Å². The van der Waals surface area contributed by atoms with Gasteiger partial charge in [0.2, 0.25) is 0 Å². The Morgan fingerprint density at radius 2 is 1.69 bits per heavy atom. The molecule has 0 atom stereocenters. The fourth-order valence-electron chi connectivity index (χ4n) is 4.36. The molecule has 0 radical (unpaired) electrons. The lowest BCUT2D eigenvalue weighted by atomic mass is 10.2. The quantitative estimate of drug-likeness (QED) is 0.588. The number of likely N-dealkylation sites (N-methyl/N-ethyl adjacent to an activating group) is 1. The van der Waals surface area contributed by atoms with Crippen molar-refractivity contribution < 1.29 is 5.11 Å². The van der Waals surface area contributed by atoms with Crippen LogP contribution in [-0.4, -0.2) is 79.7 Å². The molecule has 3 N–H and O–H groups in total. The first-order valence-electron chi connectivity index (χ1n) is 10.9. The number of fused-ring (bicyclic) bond motifs is 1. The topological polar surface area (TPSA) is 85.7 Å². The van der Waals surface area contributed by atoms with Gasteiger partial charge in [0, 0.05) is 57.3 Å². The molecule has 166 valence electrons. The fraction of sp³-hybridized carbons (Fsp3) is 0.333. The van der Waals surface area contributed by atoms with Crippen LogP contribution in [0.25, 0.3) is 16.6 Å². The van der Waals surface area contributed by atoms with Crippen molar-refractivity contribution >= 4 is 39.5 Å².